The minimum absolute atomic E-state index is 0. The van der Waals surface area contributed by atoms with Gasteiger partial charge in [-0.1, -0.05) is 18.2 Å². The molecule has 2 aromatic carbocycles. The van der Waals surface area contributed by atoms with E-state index in [1.54, 1.807) is 12.1 Å². The molecule has 0 aliphatic carbocycles. The number of nitrogen functional groups attached to an aromatic ring is 1. The zero-order valence-corrected chi connectivity index (χ0v) is 14.1. The van der Waals surface area contributed by atoms with Gasteiger partial charge in [-0.25, -0.2) is 0 Å². The molecule has 128 valence electrons. The van der Waals surface area contributed by atoms with E-state index in [1.165, 1.54) is 0 Å². The van der Waals surface area contributed by atoms with Crippen LogP contribution < -0.4 is 20.5 Å². The SMILES string of the molecule is Cl.Nc1ccc(CC(=O)NCCc2ccc3c(c2)OCCO3)cc1. The Morgan fingerprint density at radius 2 is 1.67 bits per heavy atom. The number of anilines is 1. The lowest BCUT2D eigenvalue weighted by Crippen LogP contribution is -2.27. The third-order valence-electron chi connectivity index (χ3n) is 3.69. The quantitative estimate of drug-likeness (QED) is 0.813. The number of ether oxygens (including phenoxy) is 2. The summed E-state index contributed by atoms with van der Waals surface area (Å²) in [5.74, 6) is 1.57. The van der Waals surface area contributed by atoms with Crippen LogP contribution >= 0.6 is 12.4 Å². The molecule has 6 heteroatoms. The van der Waals surface area contributed by atoms with E-state index < -0.39 is 0 Å². The fourth-order valence-electron chi connectivity index (χ4n) is 2.47. The molecule has 5 nitrogen and oxygen atoms in total. The van der Waals surface area contributed by atoms with E-state index in [-0.39, 0.29) is 18.3 Å². The summed E-state index contributed by atoms with van der Waals surface area (Å²) in [6.45, 7) is 1.76. The highest BCUT2D eigenvalue weighted by atomic mass is 35.5. The topological polar surface area (TPSA) is 73.6 Å². The number of benzene rings is 2. The first-order valence-electron chi connectivity index (χ1n) is 7.70. The molecule has 0 fully saturated rings. The van der Waals surface area contributed by atoms with Crippen LogP contribution in [0.1, 0.15) is 11.1 Å². The van der Waals surface area contributed by atoms with Crippen LogP contribution in [0.4, 0.5) is 5.69 Å². The molecule has 1 aliphatic heterocycles. The van der Waals surface area contributed by atoms with Gasteiger partial charge in [-0.3, -0.25) is 4.79 Å². The van der Waals surface area contributed by atoms with Crippen LogP contribution in [0.3, 0.4) is 0 Å². The molecule has 0 bridgehead atoms. The van der Waals surface area contributed by atoms with E-state index in [1.807, 2.05) is 30.3 Å². The van der Waals surface area contributed by atoms with Gasteiger partial charge in [0.15, 0.2) is 11.5 Å². The molecule has 1 amide bonds. The lowest BCUT2D eigenvalue weighted by atomic mass is 10.1. The number of nitrogens with one attached hydrogen (secondary N) is 1. The van der Waals surface area contributed by atoms with Gasteiger partial charge in [0.1, 0.15) is 13.2 Å². The Bertz CT molecular complexity index is 689. The highest BCUT2D eigenvalue weighted by Crippen LogP contribution is 2.30. The molecule has 3 N–H and O–H groups in total. The summed E-state index contributed by atoms with van der Waals surface area (Å²) in [7, 11) is 0. The molecular formula is C18H21ClN2O3. The van der Waals surface area contributed by atoms with E-state index in [4.69, 9.17) is 15.2 Å². The Kier molecular flexibility index (Phi) is 6.32. The minimum Gasteiger partial charge on any atom is -0.486 e. The Morgan fingerprint density at radius 1 is 1.00 bits per heavy atom. The van der Waals surface area contributed by atoms with Crippen molar-refractivity contribution in [2.75, 3.05) is 25.5 Å². The number of rotatable bonds is 5. The first-order chi connectivity index (χ1) is 11.2. The monoisotopic (exact) mass is 348 g/mol. The van der Waals surface area contributed by atoms with Gasteiger partial charge in [0.2, 0.25) is 5.91 Å². The standard InChI is InChI=1S/C18H20N2O3.ClH/c19-15-4-1-13(2-5-15)12-18(21)20-8-7-14-3-6-16-17(11-14)23-10-9-22-16;/h1-6,11H,7-10,12,19H2,(H,20,21);1H. The average Bonchev–Trinajstić information content (AvgIpc) is 2.57. The fourth-order valence-corrected chi connectivity index (χ4v) is 2.47. The predicted molar refractivity (Wildman–Crippen MR) is 96.0 cm³/mol. The van der Waals surface area contributed by atoms with Crippen LogP contribution in [0.25, 0.3) is 0 Å². The van der Waals surface area contributed by atoms with Crippen molar-refractivity contribution < 1.29 is 14.3 Å². The van der Waals surface area contributed by atoms with Crippen LogP contribution in [-0.4, -0.2) is 25.7 Å². The maximum Gasteiger partial charge on any atom is 0.224 e. The molecule has 0 saturated carbocycles. The van der Waals surface area contributed by atoms with Crippen LogP contribution in [-0.2, 0) is 17.6 Å². The van der Waals surface area contributed by atoms with Gasteiger partial charge >= 0.3 is 0 Å². The number of fused-ring (bicyclic) bond motifs is 1. The molecule has 1 aliphatic rings. The summed E-state index contributed by atoms with van der Waals surface area (Å²) >= 11 is 0. The van der Waals surface area contributed by atoms with Crippen molar-refractivity contribution in [2.24, 2.45) is 0 Å². The van der Waals surface area contributed by atoms with Crippen LogP contribution in [0.5, 0.6) is 11.5 Å². The molecule has 0 aromatic heterocycles. The van der Waals surface area contributed by atoms with Gasteiger partial charge in [-0.05, 0) is 41.8 Å². The zero-order chi connectivity index (χ0) is 16.1. The highest BCUT2D eigenvalue weighted by Gasteiger charge is 2.11. The number of carbonyl (C=O) groups is 1. The predicted octanol–water partition coefficient (Wildman–Crippen LogP) is 2.36. The average molecular weight is 349 g/mol. The normalized spacial score (nSPS) is 12.2. The second-order valence-corrected chi connectivity index (χ2v) is 5.50. The maximum atomic E-state index is 11.9. The third-order valence-corrected chi connectivity index (χ3v) is 3.69. The molecule has 0 saturated heterocycles. The Labute approximate surface area is 147 Å². The molecule has 1 heterocycles. The fraction of sp³-hybridized carbons (Fsp3) is 0.278. The Balaban J connectivity index is 0.00000208. The Hall–Kier alpha value is -2.40. The number of halogens is 1. The van der Waals surface area contributed by atoms with Crippen molar-refractivity contribution >= 4 is 24.0 Å². The summed E-state index contributed by atoms with van der Waals surface area (Å²) in [5, 5.41) is 2.93. The first-order valence-corrected chi connectivity index (χ1v) is 7.70. The lowest BCUT2D eigenvalue weighted by molar-refractivity contribution is -0.120. The first kappa shape index (κ1) is 17.9. The van der Waals surface area contributed by atoms with E-state index in [0.29, 0.717) is 31.9 Å². The van der Waals surface area contributed by atoms with E-state index in [0.717, 1.165) is 29.0 Å². The summed E-state index contributed by atoms with van der Waals surface area (Å²) in [6.07, 6.45) is 1.12. The summed E-state index contributed by atoms with van der Waals surface area (Å²) in [4.78, 5) is 11.9. The van der Waals surface area contributed by atoms with Gasteiger partial charge in [-0.15, -0.1) is 12.4 Å². The summed E-state index contributed by atoms with van der Waals surface area (Å²) < 4.78 is 11.0. The lowest BCUT2D eigenvalue weighted by Gasteiger charge is -2.18. The summed E-state index contributed by atoms with van der Waals surface area (Å²) in [6, 6.07) is 13.2. The zero-order valence-electron chi connectivity index (χ0n) is 13.3. The van der Waals surface area contributed by atoms with Gasteiger partial charge in [0.25, 0.3) is 0 Å². The number of amides is 1. The molecule has 3 rings (SSSR count). The van der Waals surface area contributed by atoms with Gasteiger partial charge < -0.3 is 20.5 Å². The smallest absolute Gasteiger partial charge is 0.224 e. The molecule has 0 unspecified atom stereocenters. The number of hydrogen-bond acceptors (Lipinski definition) is 4. The van der Waals surface area contributed by atoms with Crippen molar-refractivity contribution in [2.45, 2.75) is 12.8 Å². The molecule has 0 atom stereocenters. The molecule has 2 aromatic rings. The largest absolute Gasteiger partial charge is 0.486 e. The van der Waals surface area contributed by atoms with E-state index >= 15 is 0 Å². The molecule has 24 heavy (non-hydrogen) atoms. The van der Waals surface area contributed by atoms with Crippen molar-refractivity contribution in [3.05, 3.63) is 53.6 Å². The van der Waals surface area contributed by atoms with Crippen LogP contribution in [0.15, 0.2) is 42.5 Å². The Morgan fingerprint density at radius 3 is 2.42 bits per heavy atom. The van der Waals surface area contributed by atoms with Crippen molar-refractivity contribution in [1.82, 2.24) is 5.32 Å². The van der Waals surface area contributed by atoms with Gasteiger partial charge in [-0.2, -0.15) is 0 Å². The van der Waals surface area contributed by atoms with Crippen LogP contribution in [0.2, 0.25) is 0 Å². The number of nitrogens with two attached hydrogens (primary N) is 1. The highest BCUT2D eigenvalue weighted by molar-refractivity contribution is 5.85. The van der Waals surface area contributed by atoms with Gasteiger partial charge in [0.05, 0.1) is 6.42 Å². The maximum absolute atomic E-state index is 11.9. The molecular weight excluding hydrogens is 328 g/mol. The van der Waals surface area contributed by atoms with Crippen molar-refractivity contribution in [3.63, 3.8) is 0 Å². The van der Waals surface area contributed by atoms with E-state index in [2.05, 4.69) is 5.32 Å². The summed E-state index contributed by atoms with van der Waals surface area (Å²) in [5.41, 5.74) is 8.40. The molecule has 0 radical (unpaired) electrons. The molecule has 0 spiro atoms. The van der Waals surface area contributed by atoms with Crippen molar-refractivity contribution in [3.8, 4) is 11.5 Å². The number of carbonyl (C=O) groups excluding carboxylic acids is 1. The second-order valence-electron chi connectivity index (χ2n) is 5.50. The second kappa shape index (κ2) is 8.45. The van der Waals surface area contributed by atoms with E-state index in [9.17, 15) is 4.79 Å². The van der Waals surface area contributed by atoms with Gasteiger partial charge in [0, 0.05) is 12.2 Å². The minimum atomic E-state index is 0. The van der Waals surface area contributed by atoms with Crippen LogP contribution in [0, 0.1) is 0 Å². The van der Waals surface area contributed by atoms with Crippen molar-refractivity contribution in [1.29, 1.82) is 0 Å². The third kappa shape index (κ3) is 4.80. The number of hydrogen-bond donors (Lipinski definition) is 2.